The predicted molar refractivity (Wildman–Crippen MR) is 135 cm³/mol. The highest BCUT2D eigenvalue weighted by Gasteiger charge is 2.39. The first kappa shape index (κ1) is 27.6. The second-order valence-corrected chi connectivity index (χ2v) is 11.7. The summed E-state index contributed by atoms with van der Waals surface area (Å²) in [7, 11) is -2.52. The normalized spacial score (nSPS) is 19.3. The van der Waals surface area contributed by atoms with E-state index >= 15 is 0 Å². The van der Waals surface area contributed by atoms with Gasteiger partial charge in [0.1, 0.15) is 0 Å². The van der Waals surface area contributed by atoms with Crippen molar-refractivity contribution < 1.29 is 13.3 Å². The Morgan fingerprint density at radius 1 is 0.781 bits per heavy atom. The third-order valence-electron chi connectivity index (χ3n) is 6.36. The van der Waals surface area contributed by atoms with Gasteiger partial charge in [0.2, 0.25) is 0 Å². The van der Waals surface area contributed by atoms with Gasteiger partial charge in [0.05, 0.1) is 6.04 Å². The average Bonchev–Trinajstić information content (AvgIpc) is 2.80. The van der Waals surface area contributed by atoms with Gasteiger partial charge in [0.15, 0.2) is 5.96 Å². The molecular weight excluding hydrogens is 420 g/mol. The van der Waals surface area contributed by atoms with E-state index in [1.54, 1.807) is 0 Å². The molecule has 0 aromatic carbocycles. The Kier molecular flexibility index (Phi) is 14.5. The summed E-state index contributed by atoms with van der Waals surface area (Å²) in [6.45, 7) is 10.7. The molecule has 2 rings (SSSR count). The Morgan fingerprint density at radius 2 is 1.38 bits per heavy atom. The third-order valence-corrected chi connectivity index (χ3v) is 9.51. The molecule has 7 nitrogen and oxygen atoms in total. The number of nitrogens with zero attached hydrogens (tertiary/aromatic N) is 1. The van der Waals surface area contributed by atoms with Crippen molar-refractivity contribution in [1.29, 1.82) is 0 Å². The molecule has 0 aromatic heterocycles. The highest BCUT2D eigenvalue weighted by molar-refractivity contribution is 6.60. The van der Waals surface area contributed by atoms with Crippen LogP contribution in [0.2, 0.25) is 6.04 Å². The molecule has 0 amide bonds. The Hall–Kier alpha value is -0.673. The van der Waals surface area contributed by atoms with Crippen molar-refractivity contribution in [1.82, 2.24) is 16.0 Å². The average molecular weight is 471 g/mol. The highest BCUT2D eigenvalue weighted by atomic mass is 28.4. The van der Waals surface area contributed by atoms with Crippen LogP contribution in [0.15, 0.2) is 4.99 Å². The number of guanidine groups is 1. The number of hydrogen-bond acceptors (Lipinski definition) is 5. The lowest BCUT2D eigenvalue weighted by Gasteiger charge is -2.28. The summed E-state index contributed by atoms with van der Waals surface area (Å²) in [5.41, 5.74) is 0. The zero-order valence-corrected chi connectivity index (χ0v) is 22.1. The van der Waals surface area contributed by atoms with Gasteiger partial charge < -0.3 is 29.2 Å². The summed E-state index contributed by atoms with van der Waals surface area (Å²) in [5, 5.41) is 10.9. The van der Waals surface area contributed by atoms with Crippen LogP contribution in [0.4, 0.5) is 0 Å². The molecule has 0 saturated heterocycles. The van der Waals surface area contributed by atoms with E-state index in [4.69, 9.17) is 18.3 Å². The zero-order valence-electron chi connectivity index (χ0n) is 21.1. The van der Waals surface area contributed by atoms with Gasteiger partial charge in [-0.25, -0.2) is 4.99 Å². The van der Waals surface area contributed by atoms with Crippen molar-refractivity contribution >= 4 is 14.8 Å². The van der Waals surface area contributed by atoms with Crippen molar-refractivity contribution in [3.8, 4) is 0 Å². The van der Waals surface area contributed by atoms with Crippen LogP contribution in [0.5, 0.6) is 0 Å². The highest BCUT2D eigenvalue weighted by Crippen LogP contribution is 2.21. The molecule has 188 valence electrons. The molecule has 0 spiro atoms. The largest absolute Gasteiger partial charge is 0.500 e. The Morgan fingerprint density at radius 3 is 1.97 bits per heavy atom. The minimum atomic E-state index is -2.52. The van der Waals surface area contributed by atoms with E-state index in [-0.39, 0.29) is 0 Å². The van der Waals surface area contributed by atoms with E-state index < -0.39 is 8.80 Å². The molecule has 0 radical (unpaired) electrons. The molecule has 8 heteroatoms. The van der Waals surface area contributed by atoms with Gasteiger partial charge in [-0.05, 0) is 59.4 Å². The standard InChI is InChI=1S/C24H50N4O3Si/c1-4-29-32(30-5-2,31-6-3)21-13-18-25-19-20-26-24(27-22-14-9-7-10-15-22)28-23-16-11-8-12-17-23/h22-23,25H,4-21H2,1-3H3,(H2,26,27,28). The first-order valence-corrected chi connectivity index (χ1v) is 15.3. The summed E-state index contributed by atoms with van der Waals surface area (Å²) >= 11 is 0. The Labute approximate surface area is 198 Å². The second-order valence-electron chi connectivity index (χ2n) is 9.01. The monoisotopic (exact) mass is 470 g/mol. The van der Waals surface area contributed by atoms with Gasteiger partial charge in [-0.1, -0.05) is 38.5 Å². The molecule has 0 atom stereocenters. The molecule has 2 aliphatic carbocycles. The van der Waals surface area contributed by atoms with Gasteiger partial charge in [0.25, 0.3) is 0 Å². The quantitative estimate of drug-likeness (QED) is 0.144. The van der Waals surface area contributed by atoms with Crippen LogP contribution >= 0.6 is 0 Å². The summed E-state index contributed by atoms with van der Waals surface area (Å²) in [5.74, 6) is 1.03. The summed E-state index contributed by atoms with van der Waals surface area (Å²) < 4.78 is 17.8. The van der Waals surface area contributed by atoms with Crippen LogP contribution in [0, 0.1) is 0 Å². The molecule has 0 unspecified atom stereocenters. The van der Waals surface area contributed by atoms with E-state index in [1.165, 1.54) is 64.2 Å². The maximum absolute atomic E-state index is 5.94. The van der Waals surface area contributed by atoms with Gasteiger partial charge in [-0.3, -0.25) is 0 Å². The lowest BCUT2D eigenvalue weighted by molar-refractivity contribution is 0.0708. The number of nitrogens with one attached hydrogen (secondary N) is 3. The smallest absolute Gasteiger partial charge is 0.374 e. The topological polar surface area (TPSA) is 76.1 Å². The molecule has 32 heavy (non-hydrogen) atoms. The van der Waals surface area contributed by atoms with Crippen LogP contribution in [0.1, 0.15) is 91.4 Å². The minimum absolute atomic E-state index is 0.490. The van der Waals surface area contributed by atoms with Crippen molar-refractivity contribution in [2.45, 2.75) is 110 Å². The molecule has 0 aromatic rings. The Bertz CT molecular complexity index is 481. The van der Waals surface area contributed by atoms with E-state index in [0.29, 0.717) is 31.9 Å². The van der Waals surface area contributed by atoms with Crippen LogP contribution in [-0.2, 0) is 13.3 Å². The van der Waals surface area contributed by atoms with Gasteiger partial charge >= 0.3 is 8.80 Å². The molecule has 0 aliphatic heterocycles. The minimum Gasteiger partial charge on any atom is -0.374 e. The zero-order chi connectivity index (χ0) is 22.9. The summed E-state index contributed by atoms with van der Waals surface area (Å²) in [6, 6.07) is 1.94. The van der Waals surface area contributed by atoms with Crippen molar-refractivity contribution in [3.63, 3.8) is 0 Å². The van der Waals surface area contributed by atoms with E-state index in [9.17, 15) is 0 Å². The van der Waals surface area contributed by atoms with Gasteiger partial charge in [-0.15, -0.1) is 0 Å². The first-order chi connectivity index (χ1) is 15.7. The van der Waals surface area contributed by atoms with Crippen LogP contribution in [0.25, 0.3) is 0 Å². The predicted octanol–water partition coefficient (Wildman–Crippen LogP) is 4.22. The van der Waals surface area contributed by atoms with Gasteiger partial charge in [0, 0.05) is 45.0 Å². The van der Waals surface area contributed by atoms with Crippen LogP contribution < -0.4 is 16.0 Å². The first-order valence-electron chi connectivity index (χ1n) is 13.4. The molecule has 2 aliphatic rings. The molecule has 2 fully saturated rings. The fourth-order valence-corrected chi connectivity index (χ4v) is 7.40. The Balaban J connectivity index is 1.71. The molecule has 0 bridgehead atoms. The molecule has 3 N–H and O–H groups in total. The van der Waals surface area contributed by atoms with Crippen molar-refractivity contribution in [2.24, 2.45) is 4.99 Å². The second kappa shape index (κ2) is 16.9. The van der Waals surface area contributed by atoms with Gasteiger partial charge in [-0.2, -0.15) is 0 Å². The maximum atomic E-state index is 5.94. The molecular formula is C24H50N4O3Si. The number of rotatable bonds is 15. The third kappa shape index (κ3) is 11.0. The van der Waals surface area contributed by atoms with Crippen molar-refractivity contribution in [2.75, 3.05) is 39.5 Å². The van der Waals surface area contributed by atoms with E-state index in [0.717, 1.165) is 38.1 Å². The fourth-order valence-electron chi connectivity index (χ4n) is 4.79. The summed E-state index contributed by atoms with van der Waals surface area (Å²) in [4.78, 5) is 5.08. The fraction of sp³-hybridized carbons (Fsp3) is 0.958. The summed E-state index contributed by atoms with van der Waals surface area (Å²) in [6.07, 6.45) is 14.1. The van der Waals surface area contributed by atoms with E-state index in [2.05, 4.69) is 16.0 Å². The number of hydrogen-bond donors (Lipinski definition) is 3. The van der Waals surface area contributed by atoms with Crippen LogP contribution in [-0.4, -0.2) is 66.3 Å². The lowest BCUT2D eigenvalue weighted by atomic mass is 9.95. The lowest BCUT2D eigenvalue weighted by Crippen LogP contribution is -2.47. The van der Waals surface area contributed by atoms with Crippen LogP contribution in [0.3, 0.4) is 0 Å². The van der Waals surface area contributed by atoms with E-state index in [1.807, 2.05) is 20.8 Å². The maximum Gasteiger partial charge on any atom is 0.500 e. The molecule has 0 heterocycles. The number of aliphatic imine (C=N–C) groups is 1. The van der Waals surface area contributed by atoms with Crippen molar-refractivity contribution in [3.05, 3.63) is 0 Å². The SMILES string of the molecule is CCO[Si](CCCNCCN/C(=N/C1CCCCC1)NC1CCCCC1)(OCC)OCC. The molecule has 2 saturated carbocycles.